The van der Waals surface area contributed by atoms with Crippen LogP contribution < -0.4 is 0 Å². The van der Waals surface area contributed by atoms with E-state index in [0.717, 1.165) is 27.8 Å². The molecular formula is C24H25F. The molecule has 1 heteroatoms. The van der Waals surface area contributed by atoms with Crippen molar-refractivity contribution in [3.8, 4) is 22.3 Å². The van der Waals surface area contributed by atoms with Crippen molar-refractivity contribution in [2.45, 2.75) is 41.5 Å². The molecule has 3 aromatic carbocycles. The minimum atomic E-state index is -0.160. The summed E-state index contributed by atoms with van der Waals surface area (Å²) in [4.78, 5) is 0. The minimum absolute atomic E-state index is 0.160. The number of hydrogen-bond acceptors (Lipinski definition) is 0. The Hall–Kier alpha value is -2.41. The highest BCUT2D eigenvalue weighted by molar-refractivity contribution is 5.89. The molecule has 0 unspecified atom stereocenters. The van der Waals surface area contributed by atoms with Crippen LogP contribution in [0.3, 0.4) is 0 Å². The smallest absolute Gasteiger partial charge is 0.131 e. The van der Waals surface area contributed by atoms with Crippen molar-refractivity contribution in [3.05, 3.63) is 81.7 Å². The maximum atomic E-state index is 15.0. The van der Waals surface area contributed by atoms with Crippen LogP contribution in [0.25, 0.3) is 22.3 Å². The van der Waals surface area contributed by atoms with E-state index >= 15 is 4.39 Å². The first kappa shape index (κ1) is 17.4. The molecule has 0 spiro atoms. The van der Waals surface area contributed by atoms with Crippen molar-refractivity contribution < 1.29 is 4.39 Å². The van der Waals surface area contributed by atoms with E-state index in [1.165, 1.54) is 22.3 Å². The van der Waals surface area contributed by atoms with Gasteiger partial charge >= 0.3 is 0 Å². The lowest BCUT2D eigenvalue weighted by Crippen LogP contribution is -1.98. The van der Waals surface area contributed by atoms with Gasteiger partial charge in [-0.25, -0.2) is 4.39 Å². The van der Waals surface area contributed by atoms with Gasteiger partial charge in [0.25, 0.3) is 0 Å². The van der Waals surface area contributed by atoms with Crippen molar-refractivity contribution in [2.75, 3.05) is 0 Å². The molecule has 0 atom stereocenters. The molecule has 0 aliphatic carbocycles. The lowest BCUT2D eigenvalue weighted by atomic mass is 9.85. The van der Waals surface area contributed by atoms with Gasteiger partial charge in [-0.3, -0.25) is 0 Å². The largest absolute Gasteiger partial charge is 0.206 e. The Kier molecular flexibility index (Phi) is 4.51. The highest BCUT2D eigenvalue weighted by Crippen LogP contribution is 2.40. The van der Waals surface area contributed by atoms with E-state index in [9.17, 15) is 0 Å². The first-order valence-corrected chi connectivity index (χ1v) is 8.74. The van der Waals surface area contributed by atoms with Crippen LogP contribution in [-0.4, -0.2) is 0 Å². The monoisotopic (exact) mass is 332 g/mol. The number of halogens is 1. The average Bonchev–Trinajstić information content (AvgIpc) is 2.47. The van der Waals surface area contributed by atoms with Crippen molar-refractivity contribution in [1.82, 2.24) is 0 Å². The van der Waals surface area contributed by atoms with Gasteiger partial charge in [-0.1, -0.05) is 47.5 Å². The normalized spacial score (nSPS) is 11.0. The van der Waals surface area contributed by atoms with Gasteiger partial charge in [-0.05, 0) is 86.6 Å². The zero-order valence-electron chi connectivity index (χ0n) is 15.9. The Labute approximate surface area is 150 Å². The predicted molar refractivity (Wildman–Crippen MR) is 106 cm³/mol. The van der Waals surface area contributed by atoms with Gasteiger partial charge < -0.3 is 0 Å². The summed E-state index contributed by atoms with van der Waals surface area (Å²) in [6.45, 7) is 12.5. The molecule has 0 amide bonds. The fraction of sp³-hybridized carbons (Fsp3) is 0.250. The molecule has 0 heterocycles. The second kappa shape index (κ2) is 6.48. The number of benzene rings is 3. The second-order valence-corrected chi connectivity index (χ2v) is 7.21. The molecule has 0 saturated heterocycles. The van der Waals surface area contributed by atoms with Gasteiger partial charge in [0.15, 0.2) is 0 Å². The molecule has 25 heavy (non-hydrogen) atoms. The molecule has 0 fully saturated rings. The van der Waals surface area contributed by atoms with Crippen LogP contribution in [0.1, 0.15) is 33.4 Å². The molecule has 0 aliphatic rings. The maximum Gasteiger partial charge on any atom is 0.131 e. The van der Waals surface area contributed by atoms with Crippen LogP contribution >= 0.6 is 0 Å². The van der Waals surface area contributed by atoms with Crippen molar-refractivity contribution in [2.24, 2.45) is 0 Å². The third-order valence-electron chi connectivity index (χ3n) is 4.89. The van der Waals surface area contributed by atoms with E-state index in [2.05, 4.69) is 65.8 Å². The molecule has 3 rings (SSSR count). The fourth-order valence-corrected chi connectivity index (χ4v) is 4.17. The number of rotatable bonds is 2. The zero-order valence-corrected chi connectivity index (χ0v) is 15.9. The highest BCUT2D eigenvalue weighted by atomic mass is 19.1. The molecule has 0 radical (unpaired) electrons. The van der Waals surface area contributed by atoms with E-state index in [1.807, 2.05) is 12.1 Å². The van der Waals surface area contributed by atoms with Crippen LogP contribution in [0, 0.1) is 47.4 Å². The van der Waals surface area contributed by atoms with Crippen molar-refractivity contribution >= 4 is 0 Å². The molecule has 128 valence electrons. The Morgan fingerprint density at radius 3 is 1.48 bits per heavy atom. The van der Waals surface area contributed by atoms with Crippen LogP contribution in [0.15, 0.2) is 42.5 Å². The summed E-state index contributed by atoms with van der Waals surface area (Å²) < 4.78 is 15.0. The summed E-state index contributed by atoms with van der Waals surface area (Å²) >= 11 is 0. The topological polar surface area (TPSA) is 0 Å². The molecule has 0 aliphatic heterocycles. The van der Waals surface area contributed by atoms with Crippen molar-refractivity contribution in [3.63, 3.8) is 0 Å². The van der Waals surface area contributed by atoms with Crippen LogP contribution in [0.4, 0.5) is 4.39 Å². The third kappa shape index (κ3) is 3.11. The minimum Gasteiger partial charge on any atom is -0.206 e. The molecule has 3 aromatic rings. The molecule has 0 N–H and O–H groups in total. The zero-order chi connectivity index (χ0) is 18.3. The Morgan fingerprint density at radius 2 is 1.00 bits per heavy atom. The average molecular weight is 332 g/mol. The van der Waals surface area contributed by atoms with E-state index < -0.39 is 0 Å². The van der Waals surface area contributed by atoms with Gasteiger partial charge in [-0.2, -0.15) is 0 Å². The lowest BCUT2D eigenvalue weighted by Gasteiger charge is -2.19. The summed E-state index contributed by atoms with van der Waals surface area (Å²) in [6.07, 6.45) is 0. The first-order chi connectivity index (χ1) is 11.8. The maximum absolute atomic E-state index is 15.0. The van der Waals surface area contributed by atoms with Gasteiger partial charge in [0.05, 0.1) is 0 Å². The second-order valence-electron chi connectivity index (χ2n) is 7.21. The third-order valence-corrected chi connectivity index (χ3v) is 4.89. The van der Waals surface area contributed by atoms with Gasteiger partial charge in [0.1, 0.15) is 5.82 Å². The standard InChI is InChI=1S/C24H25F/c1-14-10-16(3)22(17(4)11-14)20-8-7-9-21(25)24(20)23-18(5)12-15(2)13-19(23)6/h7-13H,1-6H3. The molecule has 0 nitrogen and oxygen atoms in total. The van der Waals surface area contributed by atoms with Gasteiger partial charge in [0, 0.05) is 5.56 Å². The first-order valence-electron chi connectivity index (χ1n) is 8.74. The summed E-state index contributed by atoms with van der Waals surface area (Å²) in [5, 5.41) is 0. The van der Waals surface area contributed by atoms with Crippen molar-refractivity contribution in [1.29, 1.82) is 0 Å². The van der Waals surface area contributed by atoms with Crippen LogP contribution in [0.5, 0.6) is 0 Å². The number of hydrogen-bond donors (Lipinski definition) is 0. The molecule has 0 bridgehead atoms. The summed E-state index contributed by atoms with van der Waals surface area (Å²) in [5.74, 6) is -0.160. The quantitative estimate of drug-likeness (QED) is 0.473. The predicted octanol–water partition coefficient (Wildman–Crippen LogP) is 7.01. The van der Waals surface area contributed by atoms with E-state index in [0.29, 0.717) is 5.56 Å². The number of aryl methyl sites for hydroxylation is 6. The Bertz CT molecular complexity index is 918. The van der Waals surface area contributed by atoms with E-state index in [1.54, 1.807) is 6.07 Å². The van der Waals surface area contributed by atoms with E-state index in [-0.39, 0.29) is 5.82 Å². The summed E-state index contributed by atoms with van der Waals surface area (Å²) in [5.41, 5.74) is 10.9. The molecule has 0 aromatic heterocycles. The highest BCUT2D eigenvalue weighted by Gasteiger charge is 2.19. The fourth-order valence-electron chi connectivity index (χ4n) is 4.17. The summed E-state index contributed by atoms with van der Waals surface area (Å²) in [7, 11) is 0. The van der Waals surface area contributed by atoms with Gasteiger partial charge in [-0.15, -0.1) is 0 Å². The lowest BCUT2D eigenvalue weighted by molar-refractivity contribution is 0.631. The SMILES string of the molecule is Cc1cc(C)c(-c2cccc(F)c2-c2c(C)cc(C)cc2C)c(C)c1. The summed E-state index contributed by atoms with van der Waals surface area (Å²) in [6, 6.07) is 14.0. The van der Waals surface area contributed by atoms with E-state index in [4.69, 9.17) is 0 Å². The Morgan fingerprint density at radius 1 is 0.560 bits per heavy atom. The Balaban J connectivity index is 2.40. The molecular weight excluding hydrogens is 307 g/mol. The van der Waals surface area contributed by atoms with Crippen LogP contribution in [0.2, 0.25) is 0 Å². The van der Waals surface area contributed by atoms with Gasteiger partial charge in [0.2, 0.25) is 0 Å². The molecule has 0 saturated carbocycles. The van der Waals surface area contributed by atoms with Crippen LogP contribution in [-0.2, 0) is 0 Å².